The number of H-pyrrole nitrogens is 1. The minimum absolute atomic E-state index is 0.0232. The van der Waals surface area contributed by atoms with Gasteiger partial charge in [0.1, 0.15) is 6.10 Å². The number of rotatable bonds is 2. The van der Waals surface area contributed by atoms with E-state index in [1.807, 2.05) is 13.0 Å². The molecule has 0 saturated heterocycles. The Bertz CT molecular complexity index is 716. The molecule has 0 spiro atoms. The molecule has 0 saturated carbocycles. The maximum atomic E-state index is 12.4. The monoisotopic (exact) mass is 258 g/mol. The molecule has 0 radical (unpaired) electrons. The summed E-state index contributed by atoms with van der Waals surface area (Å²) in [6.07, 6.45) is 1.33. The van der Waals surface area contributed by atoms with E-state index < -0.39 is 5.69 Å². The van der Waals surface area contributed by atoms with Crippen LogP contribution in [0.2, 0.25) is 0 Å². The van der Waals surface area contributed by atoms with Gasteiger partial charge in [-0.25, -0.2) is 9.36 Å². The largest absolute Gasteiger partial charge is 0.475 e. The van der Waals surface area contributed by atoms with Gasteiger partial charge in [0.2, 0.25) is 5.88 Å². The lowest BCUT2D eigenvalue weighted by Gasteiger charge is -2.06. The van der Waals surface area contributed by atoms with Crippen molar-refractivity contribution in [3.8, 4) is 11.6 Å². The van der Waals surface area contributed by atoms with E-state index in [9.17, 15) is 9.59 Å². The van der Waals surface area contributed by atoms with Gasteiger partial charge in [-0.15, -0.1) is 0 Å². The number of para-hydroxylation sites is 1. The minimum Gasteiger partial charge on any atom is -0.475 e. The fourth-order valence-electron chi connectivity index (χ4n) is 2.31. The van der Waals surface area contributed by atoms with Gasteiger partial charge in [0, 0.05) is 6.42 Å². The summed E-state index contributed by atoms with van der Waals surface area (Å²) in [7, 11) is 0. The van der Waals surface area contributed by atoms with Crippen LogP contribution in [0.4, 0.5) is 0 Å². The van der Waals surface area contributed by atoms with E-state index in [2.05, 4.69) is 4.98 Å². The number of nitrogens with one attached hydrogen (secondary N) is 1. The first-order valence-electron chi connectivity index (χ1n) is 6.31. The van der Waals surface area contributed by atoms with Gasteiger partial charge in [-0.3, -0.25) is 9.78 Å². The van der Waals surface area contributed by atoms with Crippen molar-refractivity contribution in [3.05, 3.63) is 56.7 Å². The molecule has 0 bridgehead atoms. The molecule has 1 aromatic carbocycles. The van der Waals surface area contributed by atoms with Gasteiger partial charge in [-0.2, -0.15) is 0 Å². The van der Waals surface area contributed by atoms with Crippen molar-refractivity contribution in [3.63, 3.8) is 0 Å². The molecule has 2 heterocycles. The van der Waals surface area contributed by atoms with Gasteiger partial charge in [0.25, 0.3) is 5.56 Å². The molecule has 2 aromatic rings. The van der Waals surface area contributed by atoms with Crippen molar-refractivity contribution in [2.45, 2.75) is 25.9 Å². The summed E-state index contributed by atoms with van der Waals surface area (Å²) in [5, 5.41) is 0. The molecule has 98 valence electrons. The SMILES string of the molecule is CC[C@H]1Cc2c([nH]c(=O)n(-c3ccccc3)c2=O)O1. The molecule has 1 N–H and O–H groups in total. The van der Waals surface area contributed by atoms with E-state index >= 15 is 0 Å². The quantitative estimate of drug-likeness (QED) is 0.881. The second-order valence-electron chi connectivity index (χ2n) is 4.57. The molecule has 5 heteroatoms. The zero-order valence-electron chi connectivity index (χ0n) is 10.6. The molecular formula is C14H14N2O3. The van der Waals surface area contributed by atoms with Crippen LogP contribution in [-0.4, -0.2) is 15.7 Å². The number of benzene rings is 1. The molecule has 3 rings (SSSR count). The Balaban J connectivity index is 2.20. The number of nitrogens with zero attached hydrogens (tertiary/aromatic N) is 1. The summed E-state index contributed by atoms with van der Waals surface area (Å²) >= 11 is 0. The predicted molar refractivity (Wildman–Crippen MR) is 71.1 cm³/mol. The number of fused-ring (bicyclic) bond motifs is 1. The summed E-state index contributed by atoms with van der Waals surface area (Å²) in [4.78, 5) is 27.1. The highest BCUT2D eigenvalue weighted by Gasteiger charge is 2.27. The zero-order valence-corrected chi connectivity index (χ0v) is 10.6. The Kier molecular flexibility index (Phi) is 2.74. The predicted octanol–water partition coefficient (Wildman–Crippen LogP) is 1.24. The fraction of sp³-hybridized carbons (Fsp3) is 0.286. The van der Waals surface area contributed by atoms with Crippen molar-refractivity contribution in [1.82, 2.24) is 9.55 Å². The maximum Gasteiger partial charge on any atom is 0.335 e. The van der Waals surface area contributed by atoms with Crippen molar-refractivity contribution in [2.75, 3.05) is 0 Å². The third-order valence-corrected chi connectivity index (χ3v) is 3.34. The summed E-state index contributed by atoms with van der Waals surface area (Å²) in [5.74, 6) is 0.328. The Labute approximate surface area is 109 Å². The van der Waals surface area contributed by atoms with E-state index in [0.29, 0.717) is 23.6 Å². The topological polar surface area (TPSA) is 64.1 Å². The molecule has 0 amide bonds. The van der Waals surface area contributed by atoms with Crippen LogP contribution in [0.1, 0.15) is 18.9 Å². The fourth-order valence-corrected chi connectivity index (χ4v) is 2.31. The standard InChI is InChI=1S/C14H14N2O3/c1-2-10-8-11-12(19-10)15-14(18)16(13(11)17)9-6-4-3-5-7-9/h3-7,10H,2,8H2,1H3,(H,15,18)/t10-/m0/s1. The average molecular weight is 258 g/mol. The molecule has 5 nitrogen and oxygen atoms in total. The average Bonchev–Trinajstić information content (AvgIpc) is 2.83. The summed E-state index contributed by atoms with van der Waals surface area (Å²) in [6, 6.07) is 8.89. The van der Waals surface area contributed by atoms with Gasteiger partial charge in [-0.1, -0.05) is 25.1 Å². The second kappa shape index (κ2) is 4.42. The molecule has 1 aliphatic rings. The Morgan fingerprint density at radius 1 is 1.32 bits per heavy atom. The number of hydrogen-bond donors (Lipinski definition) is 1. The lowest BCUT2D eigenvalue weighted by molar-refractivity contribution is 0.220. The van der Waals surface area contributed by atoms with Gasteiger partial charge in [0.05, 0.1) is 11.3 Å². The van der Waals surface area contributed by atoms with E-state index in [4.69, 9.17) is 4.74 Å². The number of aromatic amines is 1. The zero-order chi connectivity index (χ0) is 13.4. The minimum atomic E-state index is -0.466. The third-order valence-electron chi connectivity index (χ3n) is 3.34. The first kappa shape index (κ1) is 11.8. The van der Waals surface area contributed by atoms with Crippen molar-refractivity contribution >= 4 is 0 Å². The molecule has 0 unspecified atom stereocenters. The second-order valence-corrected chi connectivity index (χ2v) is 4.57. The number of aromatic nitrogens is 2. The Hall–Kier alpha value is -2.30. The Morgan fingerprint density at radius 2 is 2.05 bits per heavy atom. The number of ether oxygens (including phenoxy) is 1. The van der Waals surface area contributed by atoms with E-state index in [-0.39, 0.29) is 11.7 Å². The van der Waals surface area contributed by atoms with Gasteiger partial charge < -0.3 is 4.74 Å². The summed E-state index contributed by atoms with van der Waals surface area (Å²) in [6.45, 7) is 1.99. The van der Waals surface area contributed by atoms with Crippen LogP contribution in [0.15, 0.2) is 39.9 Å². The van der Waals surface area contributed by atoms with Gasteiger partial charge >= 0.3 is 5.69 Å². The van der Waals surface area contributed by atoms with Crippen LogP contribution in [0.5, 0.6) is 5.88 Å². The highest BCUT2D eigenvalue weighted by Crippen LogP contribution is 2.23. The van der Waals surface area contributed by atoms with Crippen molar-refractivity contribution in [2.24, 2.45) is 0 Å². The molecular weight excluding hydrogens is 244 g/mol. The van der Waals surface area contributed by atoms with Crippen LogP contribution in [0, 0.1) is 0 Å². The van der Waals surface area contributed by atoms with E-state index in [1.165, 1.54) is 0 Å². The normalized spacial score (nSPS) is 17.0. The van der Waals surface area contributed by atoms with Gasteiger partial charge in [0.15, 0.2) is 0 Å². The van der Waals surface area contributed by atoms with E-state index in [0.717, 1.165) is 11.0 Å². The molecule has 1 aromatic heterocycles. The Morgan fingerprint density at radius 3 is 2.74 bits per heavy atom. The van der Waals surface area contributed by atoms with Crippen LogP contribution in [0.3, 0.4) is 0 Å². The molecule has 19 heavy (non-hydrogen) atoms. The third kappa shape index (κ3) is 1.87. The van der Waals surface area contributed by atoms with E-state index in [1.54, 1.807) is 24.3 Å². The maximum absolute atomic E-state index is 12.4. The first-order valence-corrected chi connectivity index (χ1v) is 6.31. The van der Waals surface area contributed by atoms with Gasteiger partial charge in [-0.05, 0) is 18.6 Å². The van der Waals surface area contributed by atoms with Crippen LogP contribution in [-0.2, 0) is 6.42 Å². The van der Waals surface area contributed by atoms with Crippen LogP contribution < -0.4 is 16.0 Å². The molecule has 1 aliphatic heterocycles. The molecule has 0 aliphatic carbocycles. The lowest BCUT2D eigenvalue weighted by atomic mass is 10.1. The van der Waals surface area contributed by atoms with Crippen molar-refractivity contribution < 1.29 is 4.74 Å². The molecule has 1 atom stereocenters. The summed E-state index contributed by atoms with van der Waals surface area (Å²) in [5.41, 5.74) is 0.361. The van der Waals surface area contributed by atoms with Crippen molar-refractivity contribution in [1.29, 1.82) is 0 Å². The van der Waals surface area contributed by atoms with Crippen LogP contribution in [0.25, 0.3) is 5.69 Å². The smallest absolute Gasteiger partial charge is 0.335 e. The summed E-state index contributed by atoms with van der Waals surface area (Å²) < 4.78 is 6.69. The van der Waals surface area contributed by atoms with Crippen LogP contribution >= 0.6 is 0 Å². The highest BCUT2D eigenvalue weighted by molar-refractivity contribution is 5.36. The number of hydrogen-bond acceptors (Lipinski definition) is 3. The molecule has 0 fully saturated rings. The highest BCUT2D eigenvalue weighted by atomic mass is 16.5. The lowest BCUT2D eigenvalue weighted by Crippen LogP contribution is -2.35. The first-order chi connectivity index (χ1) is 9.20.